The van der Waals surface area contributed by atoms with Crippen molar-refractivity contribution >= 4 is 5.91 Å². The van der Waals surface area contributed by atoms with Crippen molar-refractivity contribution in [1.29, 1.82) is 0 Å². The van der Waals surface area contributed by atoms with Gasteiger partial charge in [0, 0.05) is 37.4 Å². The van der Waals surface area contributed by atoms with Crippen LogP contribution in [0.3, 0.4) is 0 Å². The predicted octanol–water partition coefficient (Wildman–Crippen LogP) is 0.804. The first kappa shape index (κ1) is 12.7. The molecule has 1 amide bonds. The summed E-state index contributed by atoms with van der Waals surface area (Å²) in [5.41, 5.74) is 1.03. The van der Waals surface area contributed by atoms with Gasteiger partial charge in [-0.2, -0.15) is 0 Å². The Labute approximate surface area is 96.0 Å². The van der Waals surface area contributed by atoms with Crippen molar-refractivity contribution in [3.63, 3.8) is 0 Å². The zero-order chi connectivity index (χ0) is 11.8. The second-order valence-electron chi connectivity index (χ2n) is 3.88. The van der Waals surface area contributed by atoms with Gasteiger partial charge in [0.1, 0.15) is 0 Å². The minimum atomic E-state index is 0.103. The third kappa shape index (κ3) is 4.93. The molecule has 5 heteroatoms. The molecule has 0 aliphatic heterocycles. The summed E-state index contributed by atoms with van der Waals surface area (Å²) in [5, 5.41) is 6.10. The first-order valence-corrected chi connectivity index (χ1v) is 5.69. The highest BCUT2D eigenvalue weighted by Gasteiger charge is 2.04. The van der Waals surface area contributed by atoms with Gasteiger partial charge in [0.05, 0.1) is 6.33 Å². The molecule has 0 spiro atoms. The summed E-state index contributed by atoms with van der Waals surface area (Å²) in [7, 11) is 0. The topological polar surface area (TPSA) is 69.8 Å². The van der Waals surface area contributed by atoms with Crippen molar-refractivity contribution in [2.24, 2.45) is 0 Å². The largest absolute Gasteiger partial charge is 0.354 e. The summed E-state index contributed by atoms with van der Waals surface area (Å²) in [6, 6.07) is 0.264. The zero-order valence-corrected chi connectivity index (χ0v) is 9.92. The lowest BCUT2D eigenvalue weighted by atomic mass is 10.2. The first-order valence-electron chi connectivity index (χ1n) is 5.69. The van der Waals surface area contributed by atoms with Gasteiger partial charge < -0.3 is 15.6 Å². The number of aromatic nitrogens is 2. The normalized spacial score (nSPS) is 12.4. The van der Waals surface area contributed by atoms with Crippen molar-refractivity contribution in [1.82, 2.24) is 20.6 Å². The van der Waals surface area contributed by atoms with E-state index in [9.17, 15) is 4.79 Å². The molecule has 1 atom stereocenters. The van der Waals surface area contributed by atoms with Gasteiger partial charge in [0.15, 0.2) is 0 Å². The third-order valence-electron chi connectivity index (χ3n) is 2.42. The minimum Gasteiger partial charge on any atom is -0.354 e. The number of aromatic amines is 1. The number of nitrogens with one attached hydrogen (secondary N) is 3. The number of nitrogens with zero attached hydrogens (tertiary/aromatic N) is 1. The number of carbonyl (C=O) groups excluding carboxylic acids is 1. The molecule has 0 bridgehead atoms. The number of imidazole rings is 1. The summed E-state index contributed by atoms with van der Waals surface area (Å²) < 4.78 is 0. The van der Waals surface area contributed by atoms with Crippen LogP contribution in [-0.4, -0.2) is 28.5 Å². The Morgan fingerprint density at radius 1 is 1.62 bits per heavy atom. The van der Waals surface area contributed by atoms with E-state index >= 15 is 0 Å². The van der Waals surface area contributed by atoms with E-state index in [1.54, 1.807) is 12.5 Å². The Bertz CT molecular complexity index is 297. The Balaban J connectivity index is 2.04. The van der Waals surface area contributed by atoms with Crippen molar-refractivity contribution in [3.8, 4) is 0 Å². The maximum absolute atomic E-state index is 11.4. The zero-order valence-electron chi connectivity index (χ0n) is 9.92. The van der Waals surface area contributed by atoms with Gasteiger partial charge >= 0.3 is 0 Å². The highest BCUT2D eigenvalue weighted by Crippen LogP contribution is 1.91. The molecule has 1 aromatic heterocycles. The molecule has 1 aromatic rings. The van der Waals surface area contributed by atoms with Crippen LogP contribution in [0.4, 0.5) is 0 Å². The molecule has 0 aromatic carbocycles. The highest BCUT2D eigenvalue weighted by molar-refractivity contribution is 5.76. The van der Waals surface area contributed by atoms with E-state index in [1.807, 2.05) is 6.92 Å². The van der Waals surface area contributed by atoms with E-state index in [-0.39, 0.29) is 11.9 Å². The van der Waals surface area contributed by atoms with E-state index in [0.717, 1.165) is 18.7 Å². The number of hydrogen-bond acceptors (Lipinski definition) is 3. The fourth-order valence-electron chi connectivity index (χ4n) is 1.26. The van der Waals surface area contributed by atoms with Gasteiger partial charge in [0.25, 0.3) is 0 Å². The second kappa shape index (κ2) is 7.00. The van der Waals surface area contributed by atoms with Crippen LogP contribution in [0.2, 0.25) is 0 Å². The van der Waals surface area contributed by atoms with Gasteiger partial charge in [-0.05, 0) is 13.3 Å². The summed E-state index contributed by atoms with van der Waals surface area (Å²) >= 11 is 0. The van der Waals surface area contributed by atoms with Gasteiger partial charge in [-0.25, -0.2) is 4.98 Å². The van der Waals surface area contributed by atoms with E-state index < -0.39 is 0 Å². The van der Waals surface area contributed by atoms with Crippen LogP contribution in [0.25, 0.3) is 0 Å². The van der Waals surface area contributed by atoms with Gasteiger partial charge in [0.2, 0.25) is 5.91 Å². The molecule has 0 fully saturated rings. The first-order chi connectivity index (χ1) is 7.72. The maximum Gasteiger partial charge on any atom is 0.221 e. The highest BCUT2D eigenvalue weighted by atomic mass is 16.1. The van der Waals surface area contributed by atoms with Crippen molar-refractivity contribution in [2.75, 3.05) is 6.54 Å². The van der Waals surface area contributed by atoms with Crippen LogP contribution < -0.4 is 10.6 Å². The average Bonchev–Trinajstić information content (AvgIpc) is 2.77. The van der Waals surface area contributed by atoms with Crippen LogP contribution >= 0.6 is 0 Å². The van der Waals surface area contributed by atoms with Crippen molar-refractivity contribution in [3.05, 3.63) is 18.2 Å². The molecule has 0 aliphatic rings. The van der Waals surface area contributed by atoms with E-state index in [1.165, 1.54) is 0 Å². The molecular formula is C11H20N4O. The van der Waals surface area contributed by atoms with E-state index in [0.29, 0.717) is 13.0 Å². The minimum absolute atomic E-state index is 0.103. The molecular weight excluding hydrogens is 204 g/mol. The Morgan fingerprint density at radius 3 is 3.06 bits per heavy atom. The summed E-state index contributed by atoms with van der Waals surface area (Å²) in [5.74, 6) is 0.103. The number of carbonyl (C=O) groups is 1. The van der Waals surface area contributed by atoms with Crippen molar-refractivity contribution < 1.29 is 4.79 Å². The summed E-state index contributed by atoms with van der Waals surface area (Å²) in [6.07, 6.45) is 4.89. The quantitative estimate of drug-likeness (QED) is 0.600. The molecule has 3 N–H and O–H groups in total. The SMILES string of the molecule is CCC(C)NC(=O)CCNCc1cnc[nH]1. The second-order valence-corrected chi connectivity index (χ2v) is 3.88. The van der Waals surface area contributed by atoms with Crippen molar-refractivity contribution in [2.45, 2.75) is 39.3 Å². The Morgan fingerprint density at radius 2 is 2.44 bits per heavy atom. The fourth-order valence-corrected chi connectivity index (χ4v) is 1.26. The number of amides is 1. The summed E-state index contributed by atoms with van der Waals surface area (Å²) in [6.45, 7) is 5.47. The molecule has 1 rings (SSSR count). The van der Waals surface area contributed by atoms with Crippen LogP contribution in [0.5, 0.6) is 0 Å². The molecule has 0 radical (unpaired) electrons. The van der Waals surface area contributed by atoms with Crippen LogP contribution in [0.1, 0.15) is 32.4 Å². The molecule has 90 valence electrons. The summed E-state index contributed by atoms with van der Waals surface area (Å²) in [4.78, 5) is 18.3. The van der Waals surface area contributed by atoms with Gasteiger partial charge in [-0.3, -0.25) is 4.79 Å². The lowest BCUT2D eigenvalue weighted by Gasteiger charge is -2.11. The number of H-pyrrole nitrogens is 1. The van der Waals surface area contributed by atoms with Crippen LogP contribution in [0, 0.1) is 0 Å². The van der Waals surface area contributed by atoms with E-state index in [4.69, 9.17) is 0 Å². The molecule has 1 unspecified atom stereocenters. The molecule has 5 nitrogen and oxygen atoms in total. The smallest absolute Gasteiger partial charge is 0.221 e. The van der Waals surface area contributed by atoms with Crippen LogP contribution in [0.15, 0.2) is 12.5 Å². The average molecular weight is 224 g/mol. The van der Waals surface area contributed by atoms with Gasteiger partial charge in [-0.15, -0.1) is 0 Å². The molecule has 0 aliphatic carbocycles. The molecule has 1 heterocycles. The van der Waals surface area contributed by atoms with E-state index in [2.05, 4.69) is 27.5 Å². The lowest BCUT2D eigenvalue weighted by Crippen LogP contribution is -2.33. The molecule has 0 saturated heterocycles. The van der Waals surface area contributed by atoms with Crippen LogP contribution in [-0.2, 0) is 11.3 Å². The Hall–Kier alpha value is -1.36. The number of rotatable bonds is 7. The number of hydrogen-bond donors (Lipinski definition) is 3. The maximum atomic E-state index is 11.4. The Kier molecular flexibility index (Phi) is 5.56. The molecule has 0 saturated carbocycles. The fraction of sp³-hybridized carbons (Fsp3) is 0.636. The molecule has 16 heavy (non-hydrogen) atoms. The van der Waals surface area contributed by atoms with Gasteiger partial charge in [-0.1, -0.05) is 6.92 Å². The lowest BCUT2D eigenvalue weighted by molar-refractivity contribution is -0.121. The predicted molar refractivity (Wildman–Crippen MR) is 62.8 cm³/mol. The standard InChI is InChI=1S/C11H20N4O/c1-3-9(2)15-11(16)4-5-12-6-10-7-13-8-14-10/h7-9,12H,3-6H2,1-2H3,(H,13,14)(H,15,16). The third-order valence-corrected chi connectivity index (χ3v) is 2.42. The monoisotopic (exact) mass is 224 g/mol.